The summed E-state index contributed by atoms with van der Waals surface area (Å²) in [5.41, 5.74) is 0.723. The number of sulfone groups is 1. The molecule has 0 radical (unpaired) electrons. The molecular weight excluding hydrogens is 336 g/mol. The Balaban J connectivity index is 1.83. The maximum Gasteiger partial charge on any atom is 0.206 e. The van der Waals surface area contributed by atoms with Crippen LogP contribution < -0.4 is 9.47 Å². The average molecular weight is 354 g/mol. The fourth-order valence-corrected chi connectivity index (χ4v) is 3.95. The third kappa shape index (κ3) is 3.67. The quantitative estimate of drug-likeness (QED) is 0.670. The number of aryl methyl sites for hydroxylation is 1. The molecule has 3 rings (SSSR count). The first-order valence-corrected chi connectivity index (χ1v) is 9.22. The van der Waals surface area contributed by atoms with Gasteiger partial charge in [-0.2, -0.15) is 0 Å². The van der Waals surface area contributed by atoms with Crippen LogP contribution in [-0.2, 0) is 9.84 Å². The van der Waals surface area contributed by atoms with Crippen molar-refractivity contribution in [1.82, 2.24) is 0 Å². The van der Waals surface area contributed by atoms with Crippen molar-refractivity contribution in [2.45, 2.75) is 16.7 Å². The number of hydrogen-bond donors (Lipinski definition) is 0. The van der Waals surface area contributed by atoms with E-state index < -0.39 is 9.84 Å². The monoisotopic (exact) mass is 354 g/mol. The van der Waals surface area contributed by atoms with E-state index in [0.29, 0.717) is 16.4 Å². The van der Waals surface area contributed by atoms with Crippen molar-refractivity contribution >= 4 is 9.84 Å². The maximum absolute atomic E-state index is 12.7. The Bertz CT molecular complexity index is 959. The first-order chi connectivity index (χ1) is 12.0. The molecule has 3 aromatic rings. The first-order valence-electron chi connectivity index (χ1n) is 7.73. The molecular formula is C20H18O4S. The number of hydrogen-bond acceptors (Lipinski definition) is 4. The molecule has 0 heterocycles. The van der Waals surface area contributed by atoms with Crippen LogP contribution >= 0.6 is 0 Å². The second-order valence-corrected chi connectivity index (χ2v) is 7.44. The largest absolute Gasteiger partial charge is 0.497 e. The molecule has 0 N–H and O–H groups in total. The standard InChI is InChI=1S/C20H18O4S/c1-15-5-3-4-6-20(15)25(21,22)19-13-11-18(12-14-19)24-17-9-7-16(23-2)8-10-17/h3-14H,1-2H3. The van der Waals surface area contributed by atoms with Crippen molar-refractivity contribution < 1.29 is 17.9 Å². The molecule has 0 unspecified atom stereocenters. The molecule has 128 valence electrons. The molecule has 0 aliphatic rings. The highest BCUT2D eigenvalue weighted by Gasteiger charge is 2.19. The van der Waals surface area contributed by atoms with E-state index in [-0.39, 0.29) is 4.90 Å². The van der Waals surface area contributed by atoms with Gasteiger partial charge in [0.1, 0.15) is 17.2 Å². The molecule has 0 aliphatic heterocycles. The summed E-state index contributed by atoms with van der Waals surface area (Å²) in [6.45, 7) is 1.79. The van der Waals surface area contributed by atoms with Crippen LogP contribution in [0.15, 0.2) is 82.6 Å². The summed E-state index contributed by atoms with van der Waals surface area (Å²) in [4.78, 5) is 0.558. The zero-order valence-corrected chi connectivity index (χ0v) is 14.8. The maximum atomic E-state index is 12.7. The van der Waals surface area contributed by atoms with Crippen LogP contribution in [0.4, 0.5) is 0 Å². The summed E-state index contributed by atoms with van der Waals surface area (Å²) in [7, 11) is -1.94. The fraction of sp³-hybridized carbons (Fsp3) is 0.100. The highest BCUT2D eigenvalue weighted by Crippen LogP contribution is 2.28. The molecule has 0 aliphatic carbocycles. The Hall–Kier alpha value is -2.79. The molecule has 0 bridgehead atoms. The SMILES string of the molecule is COc1ccc(Oc2ccc(S(=O)(=O)c3ccccc3C)cc2)cc1. The lowest BCUT2D eigenvalue weighted by molar-refractivity contribution is 0.413. The summed E-state index contributed by atoms with van der Waals surface area (Å²) in [6.07, 6.45) is 0. The summed E-state index contributed by atoms with van der Waals surface area (Å²) < 4.78 is 36.3. The van der Waals surface area contributed by atoms with Gasteiger partial charge in [-0.25, -0.2) is 8.42 Å². The van der Waals surface area contributed by atoms with Gasteiger partial charge in [0.15, 0.2) is 0 Å². The van der Waals surface area contributed by atoms with E-state index in [1.165, 1.54) is 0 Å². The van der Waals surface area contributed by atoms with Gasteiger partial charge >= 0.3 is 0 Å². The molecule has 3 aromatic carbocycles. The lowest BCUT2D eigenvalue weighted by atomic mass is 10.2. The van der Waals surface area contributed by atoms with Gasteiger partial charge < -0.3 is 9.47 Å². The topological polar surface area (TPSA) is 52.6 Å². The van der Waals surface area contributed by atoms with Crippen LogP contribution in [0.5, 0.6) is 17.2 Å². The first kappa shape index (κ1) is 17.0. The normalized spacial score (nSPS) is 11.1. The molecule has 0 saturated carbocycles. The van der Waals surface area contributed by atoms with Crippen molar-refractivity contribution in [3.63, 3.8) is 0 Å². The highest BCUT2D eigenvalue weighted by atomic mass is 32.2. The van der Waals surface area contributed by atoms with E-state index in [4.69, 9.17) is 9.47 Å². The van der Waals surface area contributed by atoms with Crippen LogP contribution in [0.25, 0.3) is 0 Å². The second kappa shape index (κ2) is 6.99. The van der Waals surface area contributed by atoms with E-state index >= 15 is 0 Å². The molecule has 0 atom stereocenters. The van der Waals surface area contributed by atoms with Crippen LogP contribution in [0, 0.1) is 6.92 Å². The van der Waals surface area contributed by atoms with Gasteiger partial charge in [0.2, 0.25) is 9.84 Å². The predicted octanol–water partition coefficient (Wildman–Crippen LogP) is 4.63. The van der Waals surface area contributed by atoms with Gasteiger partial charge in [-0.1, -0.05) is 18.2 Å². The minimum atomic E-state index is -3.54. The molecule has 5 heteroatoms. The fourth-order valence-electron chi connectivity index (χ4n) is 2.45. The van der Waals surface area contributed by atoms with Crippen molar-refractivity contribution in [2.24, 2.45) is 0 Å². The lowest BCUT2D eigenvalue weighted by Gasteiger charge is -2.09. The van der Waals surface area contributed by atoms with Crippen molar-refractivity contribution in [3.8, 4) is 17.2 Å². The Morgan fingerprint density at radius 1 is 0.720 bits per heavy atom. The van der Waals surface area contributed by atoms with Gasteiger partial charge in [-0.05, 0) is 67.1 Å². The third-order valence-corrected chi connectivity index (χ3v) is 5.74. The second-order valence-electron chi connectivity index (χ2n) is 5.52. The molecule has 0 saturated heterocycles. The Morgan fingerprint density at radius 2 is 1.24 bits per heavy atom. The lowest BCUT2D eigenvalue weighted by Crippen LogP contribution is -2.03. The van der Waals surface area contributed by atoms with Crippen LogP contribution in [0.2, 0.25) is 0 Å². The van der Waals surface area contributed by atoms with Gasteiger partial charge in [0.25, 0.3) is 0 Å². The summed E-state index contributed by atoms with van der Waals surface area (Å²) in [6, 6.07) is 20.5. The van der Waals surface area contributed by atoms with Crippen LogP contribution in [0.3, 0.4) is 0 Å². The number of methoxy groups -OCH3 is 1. The van der Waals surface area contributed by atoms with Crippen LogP contribution in [-0.4, -0.2) is 15.5 Å². The third-order valence-electron chi connectivity index (χ3n) is 3.81. The number of rotatable bonds is 5. The predicted molar refractivity (Wildman–Crippen MR) is 96.1 cm³/mol. The number of benzene rings is 3. The van der Waals surface area contributed by atoms with E-state index in [2.05, 4.69) is 0 Å². The van der Waals surface area contributed by atoms with Crippen molar-refractivity contribution in [2.75, 3.05) is 7.11 Å². The zero-order valence-electron chi connectivity index (χ0n) is 14.0. The van der Waals surface area contributed by atoms with E-state index in [9.17, 15) is 8.42 Å². The average Bonchev–Trinajstić information content (AvgIpc) is 2.63. The summed E-state index contributed by atoms with van der Waals surface area (Å²) in [5.74, 6) is 1.95. The minimum Gasteiger partial charge on any atom is -0.497 e. The highest BCUT2D eigenvalue weighted by molar-refractivity contribution is 7.91. The van der Waals surface area contributed by atoms with Gasteiger partial charge in [0, 0.05) is 0 Å². The van der Waals surface area contributed by atoms with Gasteiger partial charge in [-0.3, -0.25) is 0 Å². The van der Waals surface area contributed by atoms with Crippen molar-refractivity contribution in [3.05, 3.63) is 78.4 Å². The Kier molecular flexibility index (Phi) is 4.76. The van der Waals surface area contributed by atoms with Gasteiger partial charge in [0.05, 0.1) is 16.9 Å². The molecule has 25 heavy (non-hydrogen) atoms. The molecule has 4 nitrogen and oxygen atoms in total. The smallest absolute Gasteiger partial charge is 0.206 e. The number of ether oxygens (including phenoxy) is 2. The molecule has 0 amide bonds. The Morgan fingerprint density at radius 3 is 1.80 bits per heavy atom. The summed E-state index contributed by atoms with van der Waals surface area (Å²) >= 11 is 0. The van der Waals surface area contributed by atoms with Crippen molar-refractivity contribution in [1.29, 1.82) is 0 Å². The van der Waals surface area contributed by atoms with Crippen LogP contribution in [0.1, 0.15) is 5.56 Å². The van der Waals surface area contributed by atoms with E-state index in [0.717, 1.165) is 11.3 Å². The van der Waals surface area contributed by atoms with E-state index in [1.807, 2.05) is 6.07 Å². The minimum absolute atomic E-state index is 0.240. The summed E-state index contributed by atoms with van der Waals surface area (Å²) in [5, 5.41) is 0. The molecule has 0 aromatic heterocycles. The zero-order chi connectivity index (χ0) is 17.9. The molecule has 0 spiro atoms. The molecule has 0 fully saturated rings. The van der Waals surface area contributed by atoms with E-state index in [1.54, 1.807) is 80.8 Å². The Labute approximate surface area is 147 Å². The van der Waals surface area contributed by atoms with Gasteiger partial charge in [-0.15, -0.1) is 0 Å².